The van der Waals surface area contributed by atoms with Gasteiger partial charge in [0.2, 0.25) is 6.79 Å². The first-order valence-electron chi connectivity index (χ1n) is 8.78. The van der Waals surface area contributed by atoms with E-state index in [0.717, 1.165) is 55.6 Å². The van der Waals surface area contributed by atoms with Crippen LogP contribution in [0.1, 0.15) is 18.4 Å². The van der Waals surface area contributed by atoms with Crippen molar-refractivity contribution in [3.8, 4) is 11.5 Å². The van der Waals surface area contributed by atoms with E-state index in [9.17, 15) is 0 Å². The van der Waals surface area contributed by atoms with Crippen molar-refractivity contribution in [1.29, 1.82) is 0 Å². The van der Waals surface area contributed by atoms with Crippen LogP contribution in [-0.2, 0) is 11.3 Å². The molecule has 1 N–H and O–H groups in total. The molecule has 2 aliphatic heterocycles. The molecule has 7 heteroatoms. The summed E-state index contributed by atoms with van der Waals surface area (Å²) in [4.78, 5) is 4.69. The Bertz CT molecular complexity index is 591. The number of hydrogen-bond donors (Lipinski definition) is 1. The normalized spacial score (nSPS) is 17.5. The maximum Gasteiger partial charge on any atom is 0.231 e. The van der Waals surface area contributed by atoms with E-state index in [4.69, 9.17) is 26.4 Å². The lowest BCUT2D eigenvalue weighted by atomic mass is 10.0. The Morgan fingerprint density at radius 2 is 2.08 bits per heavy atom. The van der Waals surface area contributed by atoms with Crippen LogP contribution in [0.25, 0.3) is 0 Å². The molecule has 2 heterocycles. The Morgan fingerprint density at radius 1 is 1.32 bits per heavy atom. The van der Waals surface area contributed by atoms with E-state index in [1.165, 1.54) is 5.56 Å². The summed E-state index contributed by atoms with van der Waals surface area (Å²) >= 11 is 5.69. The fourth-order valence-electron chi connectivity index (χ4n) is 3.27. The van der Waals surface area contributed by atoms with Crippen LogP contribution in [0, 0.1) is 0 Å². The van der Waals surface area contributed by atoms with Crippen LogP contribution in [0.3, 0.4) is 0 Å². The Balaban J connectivity index is 1.70. The second-order valence-electron chi connectivity index (χ2n) is 6.57. The predicted octanol–water partition coefficient (Wildman–Crippen LogP) is 1.83. The number of hydrogen-bond acceptors (Lipinski definition) is 5. The molecule has 0 aromatic heterocycles. The summed E-state index contributed by atoms with van der Waals surface area (Å²) in [5.74, 6) is 1.63. The molecule has 1 aromatic carbocycles. The highest BCUT2D eigenvalue weighted by atomic mass is 32.1. The maximum absolute atomic E-state index is 5.69. The molecule has 138 valence electrons. The molecule has 0 saturated carbocycles. The van der Waals surface area contributed by atoms with Gasteiger partial charge in [-0.1, -0.05) is 6.07 Å². The predicted molar refractivity (Wildman–Crippen MR) is 101 cm³/mol. The first-order chi connectivity index (χ1) is 12.2. The number of nitrogens with one attached hydrogen (secondary N) is 1. The summed E-state index contributed by atoms with van der Waals surface area (Å²) in [5.41, 5.74) is 1.18. The zero-order chi connectivity index (χ0) is 17.6. The minimum Gasteiger partial charge on any atom is -0.454 e. The number of ether oxygens (including phenoxy) is 3. The number of piperidine rings is 1. The highest BCUT2D eigenvalue weighted by Gasteiger charge is 2.25. The fraction of sp³-hybridized carbons (Fsp3) is 0.611. The van der Waals surface area contributed by atoms with Gasteiger partial charge in [-0.25, -0.2) is 0 Å². The largest absolute Gasteiger partial charge is 0.454 e. The highest BCUT2D eigenvalue weighted by Crippen LogP contribution is 2.33. The van der Waals surface area contributed by atoms with Crippen molar-refractivity contribution >= 4 is 17.3 Å². The minimum absolute atomic E-state index is 0.300. The molecular formula is C18H27N3O3S. The number of fused-ring (bicyclic) bond motifs is 1. The minimum atomic E-state index is 0.300. The van der Waals surface area contributed by atoms with E-state index in [-0.39, 0.29) is 0 Å². The van der Waals surface area contributed by atoms with E-state index in [2.05, 4.69) is 34.3 Å². The van der Waals surface area contributed by atoms with Crippen LogP contribution in [0.15, 0.2) is 18.2 Å². The molecule has 0 aliphatic carbocycles. The molecule has 0 amide bonds. The van der Waals surface area contributed by atoms with Gasteiger partial charge in [-0.15, -0.1) is 0 Å². The standard InChI is InChI=1S/C18H27N3O3S/c1-20-8-5-15(6-9-20)21(18(25)19-7-10-22-2)12-14-3-4-16-17(11-14)24-13-23-16/h3-4,11,15H,5-10,12-13H2,1-2H3,(H,19,25). The smallest absolute Gasteiger partial charge is 0.231 e. The van der Waals surface area contributed by atoms with Crippen LogP contribution < -0.4 is 14.8 Å². The fourth-order valence-corrected chi connectivity index (χ4v) is 3.59. The molecule has 6 nitrogen and oxygen atoms in total. The van der Waals surface area contributed by atoms with Gasteiger partial charge in [0.15, 0.2) is 16.6 Å². The van der Waals surface area contributed by atoms with Crippen molar-refractivity contribution in [2.75, 3.05) is 47.2 Å². The number of thiocarbonyl (C=S) groups is 1. The molecule has 25 heavy (non-hydrogen) atoms. The van der Waals surface area contributed by atoms with Crippen molar-refractivity contribution in [1.82, 2.24) is 15.1 Å². The SMILES string of the molecule is COCCNC(=S)N(Cc1ccc2c(c1)OCO2)C1CCN(C)CC1. The Morgan fingerprint density at radius 3 is 2.84 bits per heavy atom. The van der Waals surface area contributed by atoms with Gasteiger partial charge >= 0.3 is 0 Å². The number of nitrogens with zero attached hydrogens (tertiary/aromatic N) is 2. The lowest BCUT2D eigenvalue weighted by molar-refractivity contribution is 0.168. The van der Waals surface area contributed by atoms with Gasteiger partial charge in [-0.2, -0.15) is 0 Å². The first-order valence-corrected chi connectivity index (χ1v) is 9.18. The molecule has 1 fully saturated rings. The molecule has 0 bridgehead atoms. The van der Waals surface area contributed by atoms with Gasteiger partial charge < -0.3 is 29.3 Å². The number of likely N-dealkylation sites (tertiary alicyclic amines) is 1. The van der Waals surface area contributed by atoms with E-state index >= 15 is 0 Å². The quantitative estimate of drug-likeness (QED) is 0.610. The second kappa shape index (κ2) is 8.69. The summed E-state index contributed by atoms with van der Waals surface area (Å²) in [5, 5.41) is 4.12. The van der Waals surface area contributed by atoms with E-state index in [1.54, 1.807) is 7.11 Å². The van der Waals surface area contributed by atoms with E-state index < -0.39 is 0 Å². The second-order valence-corrected chi connectivity index (χ2v) is 6.96. The topological polar surface area (TPSA) is 46.2 Å². The van der Waals surface area contributed by atoms with E-state index in [0.29, 0.717) is 19.4 Å². The number of benzene rings is 1. The van der Waals surface area contributed by atoms with Crippen molar-refractivity contribution in [2.24, 2.45) is 0 Å². The van der Waals surface area contributed by atoms with Crippen LogP contribution >= 0.6 is 12.2 Å². The molecule has 0 atom stereocenters. The summed E-state index contributed by atoms with van der Waals surface area (Å²) in [6, 6.07) is 6.57. The Hall–Kier alpha value is -1.57. The number of rotatable bonds is 6. The molecule has 2 aliphatic rings. The maximum atomic E-state index is 5.69. The summed E-state index contributed by atoms with van der Waals surface area (Å²) in [6.45, 7) is 4.63. The molecule has 0 radical (unpaired) electrons. The Labute approximate surface area is 155 Å². The average Bonchev–Trinajstić information content (AvgIpc) is 3.08. The van der Waals surface area contributed by atoms with Gasteiger partial charge in [0.25, 0.3) is 0 Å². The lowest BCUT2D eigenvalue weighted by Crippen LogP contribution is -2.50. The van der Waals surface area contributed by atoms with Crippen LogP contribution in [0.5, 0.6) is 11.5 Å². The highest BCUT2D eigenvalue weighted by molar-refractivity contribution is 7.80. The first kappa shape index (κ1) is 18.2. The van der Waals surface area contributed by atoms with Gasteiger partial charge in [0, 0.05) is 26.2 Å². The zero-order valence-corrected chi connectivity index (χ0v) is 15.8. The van der Waals surface area contributed by atoms with Crippen molar-refractivity contribution in [3.63, 3.8) is 0 Å². The van der Waals surface area contributed by atoms with E-state index in [1.807, 2.05) is 6.07 Å². The third kappa shape index (κ3) is 4.74. The zero-order valence-electron chi connectivity index (χ0n) is 15.0. The van der Waals surface area contributed by atoms with Crippen LogP contribution in [0.2, 0.25) is 0 Å². The van der Waals surface area contributed by atoms with Gasteiger partial charge in [-0.05, 0) is 62.9 Å². The Kier molecular flexibility index (Phi) is 6.34. The molecule has 0 unspecified atom stereocenters. The van der Waals surface area contributed by atoms with Crippen molar-refractivity contribution < 1.29 is 14.2 Å². The summed E-state index contributed by atoms with van der Waals surface area (Å²) in [6.07, 6.45) is 2.24. The number of methoxy groups -OCH3 is 1. The third-order valence-electron chi connectivity index (χ3n) is 4.76. The molecule has 1 saturated heterocycles. The molecule has 3 rings (SSSR count). The van der Waals surface area contributed by atoms with Crippen molar-refractivity contribution in [3.05, 3.63) is 23.8 Å². The lowest BCUT2D eigenvalue weighted by Gasteiger charge is -2.39. The summed E-state index contributed by atoms with van der Waals surface area (Å²) < 4.78 is 16.0. The van der Waals surface area contributed by atoms with Gasteiger partial charge in [0.1, 0.15) is 0 Å². The van der Waals surface area contributed by atoms with Crippen LogP contribution in [-0.4, -0.2) is 68.1 Å². The van der Waals surface area contributed by atoms with Crippen LogP contribution in [0.4, 0.5) is 0 Å². The van der Waals surface area contributed by atoms with Gasteiger partial charge in [-0.3, -0.25) is 0 Å². The van der Waals surface area contributed by atoms with Crippen molar-refractivity contribution in [2.45, 2.75) is 25.4 Å². The molecule has 1 aromatic rings. The molecule has 0 spiro atoms. The third-order valence-corrected chi connectivity index (χ3v) is 5.14. The monoisotopic (exact) mass is 365 g/mol. The molecular weight excluding hydrogens is 338 g/mol. The summed E-state index contributed by atoms with van der Waals surface area (Å²) in [7, 11) is 3.87. The van der Waals surface area contributed by atoms with Gasteiger partial charge in [0.05, 0.1) is 6.61 Å². The average molecular weight is 365 g/mol.